The molecule has 0 aliphatic heterocycles. The lowest BCUT2D eigenvalue weighted by molar-refractivity contribution is 0.102. The molecule has 0 saturated carbocycles. The van der Waals surface area contributed by atoms with Gasteiger partial charge in [-0.05, 0) is 37.2 Å². The average Bonchev–Trinajstić information content (AvgIpc) is 2.05. The number of aliphatic hydroxyl groups is 1. The van der Waals surface area contributed by atoms with E-state index in [0.29, 0.717) is 5.92 Å². The van der Waals surface area contributed by atoms with Gasteiger partial charge in [0.1, 0.15) is 0 Å². The van der Waals surface area contributed by atoms with Crippen molar-refractivity contribution in [3.05, 3.63) is 0 Å². The van der Waals surface area contributed by atoms with Crippen LogP contribution >= 0.6 is 11.8 Å². The van der Waals surface area contributed by atoms with Gasteiger partial charge in [-0.1, -0.05) is 20.3 Å². The summed E-state index contributed by atoms with van der Waals surface area (Å²) >= 11 is 1.86. The Kier molecular flexibility index (Phi) is 8.14. The first-order valence-corrected chi connectivity index (χ1v) is 6.28. The van der Waals surface area contributed by atoms with Crippen LogP contribution < -0.4 is 0 Å². The normalized spacial score (nSPS) is 16.0. The van der Waals surface area contributed by atoms with Gasteiger partial charge in [0.2, 0.25) is 0 Å². The molecule has 0 radical (unpaired) electrons. The van der Waals surface area contributed by atoms with Gasteiger partial charge in [-0.3, -0.25) is 0 Å². The van der Waals surface area contributed by atoms with Gasteiger partial charge in [0.25, 0.3) is 0 Å². The highest BCUT2D eigenvalue weighted by Crippen LogP contribution is 2.15. The molecular formula is C10H22OS. The van der Waals surface area contributed by atoms with Crippen molar-refractivity contribution in [1.82, 2.24) is 0 Å². The molecule has 0 bridgehead atoms. The summed E-state index contributed by atoms with van der Waals surface area (Å²) in [6.07, 6.45) is 6.50. The molecule has 0 aromatic carbocycles. The SMILES string of the molecule is CCCC(C)C(O)CCCSC. The zero-order valence-corrected chi connectivity index (χ0v) is 9.36. The van der Waals surface area contributed by atoms with E-state index in [-0.39, 0.29) is 6.10 Å². The van der Waals surface area contributed by atoms with E-state index in [1.165, 1.54) is 12.2 Å². The zero-order chi connectivity index (χ0) is 9.40. The fourth-order valence-corrected chi connectivity index (χ4v) is 1.82. The summed E-state index contributed by atoms with van der Waals surface area (Å²) in [4.78, 5) is 0. The lowest BCUT2D eigenvalue weighted by Crippen LogP contribution is -2.17. The van der Waals surface area contributed by atoms with Crippen LogP contribution in [0, 0.1) is 5.92 Å². The lowest BCUT2D eigenvalue weighted by atomic mass is 9.96. The van der Waals surface area contributed by atoms with Gasteiger partial charge in [-0.2, -0.15) is 11.8 Å². The van der Waals surface area contributed by atoms with Crippen molar-refractivity contribution in [1.29, 1.82) is 0 Å². The van der Waals surface area contributed by atoms with Crippen molar-refractivity contribution in [2.24, 2.45) is 5.92 Å². The molecule has 0 fully saturated rings. The minimum Gasteiger partial charge on any atom is -0.393 e. The molecule has 0 rings (SSSR count). The molecule has 2 atom stereocenters. The lowest BCUT2D eigenvalue weighted by Gasteiger charge is -2.17. The van der Waals surface area contributed by atoms with Gasteiger partial charge in [0.05, 0.1) is 6.10 Å². The smallest absolute Gasteiger partial charge is 0.0566 e. The molecule has 0 aromatic rings. The third-order valence-corrected chi connectivity index (χ3v) is 2.95. The maximum atomic E-state index is 9.67. The highest BCUT2D eigenvalue weighted by molar-refractivity contribution is 7.98. The molecule has 0 aliphatic rings. The largest absolute Gasteiger partial charge is 0.393 e. The first kappa shape index (κ1) is 12.3. The van der Waals surface area contributed by atoms with Crippen LogP contribution in [0.5, 0.6) is 0 Å². The second kappa shape index (κ2) is 7.93. The maximum Gasteiger partial charge on any atom is 0.0566 e. The Labute approximate surface area is 80.9 Å². The van der Waals surface area contributed by atoms with Crippen LogP contribution in [0.4, 0.5) is 0 Å². The van der Waals surface area contributed by atoms with Crippen molar-refractivity contribution < 1.29 is 5.11 Å². The summed E-state index contributed by atoms with van der Waals surface area (Å²) in [7, 11) is 0. The molecule has 2 heteroatoms. The number of thioether (sulfide) groups is 1. The predicted molar refractivity (Wildman–Crippen MR) is 57.7 cm³/mol. The van der Waals surface area contributed by atoms with E-state index in [0.717, 1.165) is 19.3 Å². The summed E-state index contributed by atoms with van der Waals surface area (Å²) in [5.74, 6) is 1.66. The third kappa shape index (κ3) is 5.90. The standard InChI is InChI=1S/C10H22OS/c1-4-6-9(2)10(11)7-5-8-12-3/h9-11H,4-8H2,1-3H3. The molecule has 2 unspecified atom stereocenters. The molecule has 74 valence electrons. The minimum absolute atomic E-state index is 0.0721. The molecule has 0 spiro atoms. The second-order valence-corrected chi connectivity index (χ2v) is 4.45. The summed E-state index contributed by atoms with van der Waals surface area (Å²) in [5, 5.41) is 9.67. The van der Waals surface area contributed by atoms with Crippen LogP contribution in [-0.4, -0.2) is 23.2 Å². The maximum absolute atomic E-state index is 9.67. The Morgan fingerprint density at radius 1 is 1.33 bits per heavy atom. The molecule has 0 amide bonds. The van der Waals surface area contributed by atoms with Gasteiger partial charge in [-0.15, -0.1) is 0 Å². The van der Waals surface area contributed by atoms with Gasteiger partial charge >= 0.3 is 0 Å². The van der Waals surface area contributed by atoms with Crippen molar-refractivity contribution in [3.8, 4) is 0 Å². The number of hydrogen-bond acceptors (Lipinski definition) is 2. The first-order valence-electron chi connectivity index (χ1n) is 4.89. The molecule has 0 saturated heterocycles. The van der Waals surface area contributed by atoms with Crippen molar-refractivity contribution in [3.63, 3.8) is 0 Å². The van der Waals surface area contributed by atoms with Crippen LogP contribution in [0.2, 0.25) is 0 Å². The Balaban J connectivity index is 3.35. The second-order valence-electron chi connectivity index (χ2n) is 3.47. The van der Waals surface area contributed by atoms with E-state index in [2.05, 4.69) is 20.1 Å². The summed E-state index contributed by atoms with van der Waals surface area (Å²) in [5.41, 5.74) is 0. The summed E-state index contributed by atoms with van der Waals surface area (Å²) < 4.78 is 0. The summed E-state index contributed by atoms with van der Waals surface area (Å²) in [6, 6.07) is 0. The Morgan fingerprint density at radius 2 is 2.00 bits per heavy atom. The molecule has 12 heavy (non-hydrogen) atoms. The van der Waals surface area contributed by atoms with Crippen LogP contribution in [0.3, 0.4) is 0 Å². The molecule has 0 aliphatic carbocycles. The predicted octanol–water partition coefficient (Wildman–Crippen LogP) is 2.93. The molecule has 0 heterocycles. The number of hydrogen-bond donors (Lipinski definition) is 1. The van der Waals surface area contributed by atoms with E-state index in [4.69, 9.17) is 0 Å². The van der Waals surface area contributed by atoms with E-state index >= 15 is 0 Å². The fourth-order valence-electron chi connectivity index (χ4n) is 1.37. The molecule has 1 nitrogen and oxygen atoms in total. The van der Waals surface area contributed by atoms with Gasteiger partial charge in [0, 0.05) is 0 Å². The summed E-state index contributed by atoms with van der Waals surface area (Å²) in [6.45, 7) is 4.32. The fraction of sp³-hybridized carbons (Fsp3) is 1.00. The quantitative estimate of drug-likeness (QED) is 0.623. The highest BCUT2D eigenvalue weighted by atomic mass is 32.2. The molecule has 0 aromatic heterocycles. The third-order valence-electron chi connectivity index (χ3n) is 2.25. The number of aliphatic hydroxyl groups excluding tert-OH is 1. The van der Waals surface area contributed by atoms with E-state index in [9.17, 15) is 5.11 Å². The van der Waals surface area contributed by atoms with Crippen LogP contribution in [-0.2, 0) is 0 Å². The van der Waals surface area contributed by atoms with Gasteiger partial charge in [-0.25, -0.2) is 0 Å². The van der Waals surface area contributed by atoms with Gasteiger partial charge in [0.15, 0.2) is 0 Å². The van der Waals surface area contributed by atoms with E-state index < -0.39 is 0 Å². The minimum atomic E-state index is -0.0721. The monoisotopic (exact) mass is 190 g/mol. The van der Waals surface area contributed by atoms with Crippen LogP contribution in [0.25, 0.3) is 0 Å². The molecular weight excluding hydrogens is 168 g/mol. The zero-order valence-electron chi connectivity index (χ0n) is 8.55. The van der Waals surface area contributed by atoms with Crippen LogP contribution in [0.15, 0.2) is 0 Å². The molecule has 1 N–H and O–H groups in total. The first-order chi connectivity index (χ1) is 5.72. The van der Waals surface area contributed by atoms with E-state index in [1.807, 2.05) is 11.8 Å². The van der Waals surface area contributed by atoms with Crippen molar-refractivity contribution in [2.45, 2.75) is 45.6 Å². The van der Waals surface area contributed by atoms with E-state index in [1.54, 1.807) is 0 Å². The van der Waals surface area contributed by atoms with Gasteiger partial charge < -0.3 is 5.11 Å². The Hall–Kier alpha value is 0.310. The van der Waals surface area contributed by atoms with Crippen molar-refractivity contribution >= 4 is 11.8 Å². The topological polar surface area (TPSA) is 20.2 Å². The average molecular weight is 190 g/mol. The van der Waals surface area contributed by atoms with Crippen LogP contribution in [0.1, 0.15) is 39.5 Å². The Bertz CT molecular complexity index is 95.8. The highest BCUT2D eigenvalue weighted by Gasteiger charge is 2.11. The van der Waals surface area contributed by atoms with Crippen molar-refractivity contribution in [2.75, 3.05) is 12.0 Å². The number of rotatable bonds is 7. The Morgan fingerprint density at radius 3 is 2.50 bits per heavy atom.